The van der Waals surface area contributed by atoms with E-state index in [-0.39, 0.29) is 5.54 Å². The first kappa shape index (κ1) is 8.85. The predicted octanol–water partition coefficient (Wildman–Crippen LogP) is 2.05. The molecule has 1 aliphatic heterocycles. The van der Waals surface area contributed by atoms with E-state index in [0.717, 1.165) is 32.5 Å². The summed E-state index contributed by atoms with van der Waals surface area (Å²) in [5.41, 5.74) is 0.0556. The summed E-state index contributed by atoms with van der Waals surface area (Å²) in [5, 5.41) is 2.48. The highest BCUT2D eigenvalue weighted by molar-refractivity contribution is 7.78. The molecule has 0 amide bonds. The van der Waals surface area contributed by atoms with Gasteiger partial charge in [-0.25, -0.2) is 4.99 Å². The van der Waals surface area contributed by atoms with Crippen LogP contribution >= 0.6 is 12.2 Å². The third-order valence-electron chi connectivity index (χ3n) is 2.36. The van der Waals surface area contributed by atoms with Crippen molar-refractivity contribution in [2.24, 2.45) is 4.99 Å². The van der Waals surface area contributed by atoms with E-state index in [2.05, 4.69) is 29.3 Å². The Morgan fingerprint density at radius 1 is 1.55 bits per heavy atom. The number of hydrogen-bond donors (Lipinski definition) is 0. The Labute approximate surface area is 72.7 Å². The highest BCUT2D eigenvalue weighted by Crippen LogP contribution is 2.27. The topological polar surface area (TPSA) is 21.6 Å². The van der Waals surface area contributed by atoms with Gasteiger partial charge in [-0.15, -0.1) is 0 Å². The first-order chi connectivity index (χ1) is 5.33. The van der Waals surface area contributed by atoms with Crippen LogP contribution in [0.5, 0.6) is 0 Å². The van der Waals surface area contributed by atoms with Crippen LogP contribution in [0.25, 0.3) is 0 Å². The molecule has 2 nitrogen and oxygen atoms in total. The minimum Gasteiger partial charge on any atom is -0.381 e. The van der Waals surface area contributed by atoms with Crippen molar-refractivity contribution < 1.29 is 4.74 Å². The van der Waals surface area contributed by atoms with Gasteiger partial charge in [-0.1, -0.05) is 6.92 Å². The number of isothiocyanates is 1. The summed E-state index contributed by atoms with van der Waals surface area (Å²) in [4.78, 5) is 4.22. The lowest BCUT2D eigenvalue weighted by atomic mass is 9.88. The smallest absolute Gasteiger partial charge is 0.0752 e. The zero-order chi connectivity index (χ0) is 8.16. The van der Waals surface area contributed by atoms with Gasteiger partial charge < -0.3 is 4.74 Å². The molecule has 0 unspecified atom stereocenters. The van der Waals surface area contributed by atoms with Crippen LogP contribution in [0.2, 0.25) is 0 Å². The molecule has 0 aromatic heterocycles. The van der Waals surface area contributed by atoms with Gasteiger partial charge in [-0.3, -0.25) is 0 Å². The van der Waals surface area contributed by atoms with E-state index in [1.54, 1.807) is 0 Å². The predicted molar refractivity (Wildman–Crippen MR) is 48.1 cm³/mol. The summed E-state index contributed by atoms with van der Waals surface area (Å²) in [5.74, 6) is 0. The normalized spacial score (nSPS) is 22.3. The van der Waals surface area contributed by atoms with Crippen molar-refractivity contribution in [1.82, 2.24) is 0 Å². The van der Waals surface area contributed by atoms with Gasteiger partial charge >= 0.3 is 0 Å². The molecule has 1 aliphatic rings. The quantitative estimate of drug-likeness (QED) is 0.468. The molecule has 1 saturated heterocycles. The van der Waals surface area contributed by atoms with Crippen LogP contribution in [-0.4, -0.2) is 23.9 Å². The maximum Gasteiger partial charge on any atom is 0.0752 e. The van der Waals surface area contributed by atoms with Gasteiger partial charge in [0, 0.05) is 13.2 Å². The van der Waals surface area contributed by atoms with Crippen LogP contribution in [0.1, 0.15) is 26.2 Å². The zero-order valence-corrected chi connectivity index (χ0v) is 7.62. The second kappa shape index (κ2) is 3.96. The lowest BCUT2D eigenvalue weighted by molar-refractivity contribution is 0.0531. The Bertz CT molecular complexity index is 169. The van der Waals surface area contributed by atoms with Crippen molar-refractivity contribution in [2.75, 3.05) is 13.2 Å². The van der Waals surface area contributed by atoms with Crippen LogP contribution in [0.15, 0.2) is 4.99 Å². The van der Waals surface area contributed by atoms with Gasteiger partial charge in [0.1, 0.15) is 0 Å². The van der Waals surface area contributed by atoms with Crippen molar-refractivity contribution in [1.29, 1.82) is 0 Å². The second-order valence-corrected chi connectivity index (χ2v) is 3.08. The Hall–Kier alpha value is -0.240. The standard InChI is InChI=1S/C8H13NOS/c1-2-8(9-7-11)3-5-10-6-4-8/h2-6H2,1H3. The van der Waals surface area contributed by atoms with Crippen molar-refractivity contribution in [3.63, 3.8) is 0 Å². The molecular formula is C8H13NOS. The Morgan fingerprint density at radius 3 is 2.64 bits per heavy atom. The lowest BCUT2D eigenvalue weighted by Gasteiger charge is -2.31. The first-order valence-corrected chi connectivity index (χ1v) is 4.40. The molecule has 0 aromatic carbocycles. The number of hydrogen-bond acceptors (Lipinski definition) is 3. The fourth-order valence-corrected chi connectivity index (χ4v) is 1.59. The van der Waals surface area contributed by atoms with Gasteiger partial charge in [0.25, 0.3) is 0 Å². The summed E-state index contributed by atoms with van der Waals surface area (Å²) in [7, 11) is 0. The summed E-state index contributed by atoms with van der Waals surface area (Å²) in [6.07, 6.45) is 3.03. The Morgan fingerprint density at radius 2 is 2.18 bits per heavy atom. The van der Waals surface area contributed by atoms with Gasteiger partial charge in [0.2, 0.25) is 0 Å². The molecule has 0 spiro atoms. The molecule has 0 atom stereocenters. The van der Waals surface area contributed by atoms with Crippen LogP contribution in [-0.2, 0) is 4.74 Å². The molecule has 1 heterocycles. The largest absolute Gasteiger partial charge is 0.381 e. The third kappa shape index (κ3) is 2.09. The molecule has 0 N–H and O–H groups in total. The Kier molecular flexibility index (Phi) is 3.18. The number of aliphatic imine (C=N–C) groups is 1. The van der Waals surface area contributed by atoms with Crippen LogP contribution in [0, 0.1) is 0 Å². The number of nitrogens with zero attached hydrogens (tertiary/aromatic N) is 1. The molecule has 3 heteroatoms. The molecule has 62 valence electrons. The van der Waals surface area contributed by atoms with Crippen molar-refractivity contribution >= 4 is 17.4 Å². The molecule has 0 aromatic rings. The maximum absolute atomic E-state index is 5.25. The highest BCUT2D eigenvalue weighted by atomic mass is 32.1. The number of rotatable bonds is 2. The number of ether oxygens (including phenoxy) is 1. The maximum atomic E-state index is 5.25. The van der Waals surface area contributed by atoms with E-state index < -0.39 is 0 Å². The Balaban J connectivity index is 2.64. The summed E-state index contributed by atoms with van der Waals surface area (Å²) in [6, 6.07) is 0. The van der Waals surface area contributed by atoms with Crippen molar-refractivity contribution in [2.45, 2.75) is 31.7 Å². The fraction of sp³-hybridized carbons (Fsp3) is 0.875. The zero-order valence-electron chi connectivity index (χ0n) is 6.80. The van der Waals surface area contributed by atoms with Gasteiger partial charge in [-0.2, -0.15) is 0 Å². The lowest BCUT2D eigenvalue weighted by Crippen LogP contribution is -2.33. The van der Waals surface area contributed by atoms with Gasteiger partial charge in [0.05, 0.1) is 10.7 Å². The van der Waals surface area contributed by atoms with E-state index in [1.807, 2.05) is 0 Å². The molecule has 1 fully saturated rings. The summed E-state index contributed by atoms with van der Waals surface area (Å²) >= 11 is 4.61. The molecule has 0 radical (unpaired) electrons. The highest BCUT2D eigenvalue weighted by Gasteiger charge is 2.29. The molecule has 0 saturated carbocycles. The molecule has 0 bridgehead atoms. The van der Waals surface area contributed by atoms with Crippen molar-refractivity contribution in [3.05, 3.63) is 0 Å². The van der Waals surface area contributed by atoms with Gasteiger partial charge in [-0.05, 0) is 31.5 Å². The third-order valence-corrected chi connectivity index (χ3v) is 2.46. The first-order valence-electron chi connectivity index (χ1n) is 4.00. The average molecular weight is 171 g/mol. The fourth-order valence-electron chi connectivity index (χ4n) is 1.39. The number of thiocarbonyl (C=S) groups is 1. The molecule has 11 heavy (non-hydrogen) atoms. The SMILES string of the molecule is CCC1(N=C=S)CCOCC1. The summed E-state index contributed by atoms with van der Waals surface area (Å²) in [6.45, 7) is 3.77. The monoisotopic (exact) mass is 171 g/mol. The van der Waals surface area contributed by atoms with E-state index in [9.17, 15) is 0 Å². The minimum atomic E-state index is 0.0556. The van der Waals surface area contributed by atoms with E-state index in [0.29, 0.717) is 0 Å². The van der Waals surface area contributed by atoms with Crippen LogP contribution in [0.3, 0.4) is 0 Å². The van der Waals surface area contributed by atoms with E-state index in [1.165, 1.54) is 0 Å². The van der Waals surface area contributed by atoms with E-state index in [4.69, 9.17) is 4.74 Å². The van der Waals surface area contributed by atoms with Crippen molar-refractivity contribution in [3.8, 4) is 0 Å². The van der Waals surface area contributed by atoms with Crippen LogP contribution < -0.4 is 0 Å². The van der Waals surface area contributed by atoms with Gasteiger partial charge in [0.15, 0.2) is 0 Å². The van der Waals surface area contributed by atoms with Crippen LogP contribution in [0.4, 0.5) is 0 Å². The molecule has 1 rings (SSSR count). The average Bonchev–Trinajstić information content (AvgIpc) is 2.07. The van der Waals surface area contributed by atoms with E-state index >= 15 is 0 Å². The molecular weight excluding hydrogens is 158 g/mol. The molecule has 0 aliphatic carbocycles. The summed E-state index contributed by atoms with van der Waals surface area (Å²) < 4.78 is 5.25. The minimum absolute atomic E-state index is 0.0556. The second-order valence-electron chi connectivity index (χ2n) is 2.89.